The van der Waals surface area contributed by atoms with E-state index in [9.17, 15) is 9.18 Å². The highest BCUT2D eigenvalue weighted by Crippen LogP contribution is 2.24. The molecule has 1 fully saturated rings. The summed E-state index contributed by atoms with van der Waals surface area (Å²) >= 11 is 1.84. The number of hydrogen-bond donors (Lipinski definition) is 1. The third-order valence-corrected chi connectivity index (χ3v) is 4.35. The first-order valence-corrected chi connectivity index (χ1v) is 7.53. The first-order chi connectivity index (χ1) is 9.13. The lowest BCUT2D eigenvalue weighted by atomic mass is 10.1. The van der Waals surface area contributed by atoms with Crippen LogP contribution in [0.15, 0.2) is 12.3 Å². The van der Waals surface area contributed by atoms with Gasteiger partial charge in [-0.2, -0.15) is 11.8 Å². The monoisotopic (exact) mass is 283 g/mol. The molecular formula is C13H18FN3OS. The first-order valence-electron chi connectivity index (χ1n) is 6.37. The summed E-state index contributed by atoms with van der Waals surface area (Å²) in [5.74, 6) is 1.81. The fraction of sp³-hybridized carbons (Fsp3) is 0.538. The molecule has 0 saturated carbocycles. The minimum atomic E-state index is -0.487. The average molecular weight is 283 g/mol. The summed E-state index contributed by atoms with van der Waals surface area (Å²) in [6.07, 6.45) is 2.12. The number of carbonyl (C=O) groups is 1. The zero-order chi connectivity index (χ0) is 13.8. The second kappa shape index (κ2) is 6.23. The van der Waals surface area contributed by atoms with Crippen LogP contribution in [-0.4, -0.2) is 46.9 Å². The average Bonchev–Trinajstić information content (AvgIpc) is 2.93. The van der Waals surface area contributed by atoms with Crippen molar-refractivity contribution in [3.63, 3.8) is 0 Å². The standard InChI is InChI=1S/C13H18FN3OS/c1-3-15-12-11(6-9(14)7-16-12)13(18)17(2)10-4-5-19-8-10/h6-7,10H,3-5,8H2,1-2H3,(H,15,16). The van der Waals surface area contributed by atoms with Crippen molar-refractivity contribution >= 4 is 23.5 Å². The number of rotatable bonds is 4. The van der Waals surface area contributed by atoms with Crippen molar-refractivity contribution in [1.82, 2.24) is 9.88 Å². The quantitative estimate of drug-likeness (QED) is 0.920. The van der Waals surface area contributed by atoms with Gasteiger partial charge in [0.05, 0.1) is 11.8 Å². The molecule has 6 heteroatoms. The number of halogens is 1. The van der Waals surface area contributed by atoms with Crippen LogP contribution in [0.5, 0.6) is 0 Å². The fourth-order valence-corrected chi connectivity index (χ4v) is 3.36. The van der Waals surface area contributed by atoms with Gasteiger partial charge in [0.25, 0.3) is 5.91 Å². The Morgan fingerprint density at radius 2 is 2.47 bits per heavy atom. The van der Waals surface area contributed by atoms with E-state index in [4.69, 9.17) is 0 Å². The number of hydrogen-bond acceptors (Lipinski definition) is 4. The lowest BCUT2D eigenvalue weighted by Gasteiger charge is -2.24. The van der Waals surface area contributed by atoms with E-state index in [0.29, 0.717) is 17.9 Å². The Bertz CT molecular complexity index is 463. The van der Waals surface area contributed by atoms with Gasteiger partial charge in [0.2, 0.25) is 0 Å². The molecule has 0 bridgehead atoms. The topological polar surface area (TPSA) is 45.2 Å². The van der Waals surface area contributed by atoms with Gasteiger partial charge in [-0.15, -0.1) is 0 Å². The van der Waals surface area contributed by atoms with E-state index in [0.717, 1.165) is 24.1 Å². The highest BCUT2D eigenvalue weighted by molar-refractivity contribution is 7.99. The lowest BCUT2D eigenvalue weighted by molar-refractivity contribution is 0.0748. The Morgan fingerprint density at radius 1 is 1.68 bits per heavy atom. The number of nitrogens with one attached hydrogen (secondary N) is 1. The van der Waals surface area contributed by atoms with Gasteiger partial charge in [-0.1, -0.05) is 0 Å². The van der Waals surface area contributed by atoms with Crippen molar-refractivity contribution in [3.8, 4) is 0 Å². The molecule has 4 nitrogen and oxygen atoms in total. The second-order valence-corrected chi connectivity index (χ2v) is 5.66. The number of nitrogens with zero attached hydrogens (tertiary/aromatic N) is 2. The van der Waals surface area contributed by atoms with Crippen molar-refractivity contribution in [2.24, 2.45) is 0 Å². The van der Waals surface area contributed by atoms with Crippen LogP contribution >= 0.6 is 11.8 Å². The van der Waals surface area contributed by atoms with Crippen LogP contribution < -0.4 is 5.32 Å². The molecule has 1 aliphatic rings. The Labute approximate surface area is 116 Å². The summed E-state index contributed by atoms with van der Waals surface area (Å²) in [7, 11) is 1.78. The van der Waals surface area contributed by atoms with Gasteiger partial charge in [-0.3, -0.25) is 4.79 Å². The van der Waals surface area contributed by atoms with E-state index in [1.54, 1.807) is 11.9 Å². The van der Waals surface area contributed by atoms with E-state index in [1.165, 1.54) is 6.07 Å². The molecule has 1 atom stereocenters. The third-order valence-electron chi connectivity index (χ3n) is 3.20. The molecular weight excluding hydrogens is 265 g/mol. The molecule has 1 aromatic heterocycles. The van der Waals surface area contributed by atoms with E-state index in [2.05, 4.69) is 10.3 Å². The van der Waals surface area contributed by atoms with Gasteiger partial charge in [-0.05, 0) is 25.2 Å². The summed E-state index contributed by atoms with van der Waals surface area (Å²) in [4.78, 5) is 18.1. The van der Waals surface area contributed by atoms with Gasteiger partial charge in [0, 0.05) is 25.4 Å². The summed E-state index contributed by atoms with van der Waals surface area (Å²) < 4.78 is 13.3. The predicted octanol–water partition coefficient (Wildman–Crippen LogP) is 2.23. The molecule has 0 radical (unpaired) electrons. The molecule has 2 heterocycles. The number of carbonyl (C=O) groups excluding carboxylic acids is 1. The number of pyridine rings is 1. The van der Waals surface area contributed by atoms with Crippen molar-refractivity contribution in [3.05, 3.63) is 23.6 Å². The van der Waals surface area contributed by atoms with Crippen LogP contribution in [0.25, 0.3) is 0 Å². The van der Waals surface area contributed by atoms with Crippen molar-refractivity contribution < 1.29 is 9.18 Å². The lowest BCUT2D eigenvalue weighted by Crippen LogP contribution is -2.37. The highest BCUT2D eigenvalue weighted by Gasteiger charge is 2.26. The normalized spacial score (nSPS) is 18.4. The number of anilines is 1. The summed E-state index contributed by atoms with van der Waals surface area (Å²) in [5, 5.41) is 3.00. The largest absolute Gasteiger partial charge is 0.370 e. The number of thioether (sulfide) groups is 1. The Balaban J connectivity index is 2.23. The number of aromatic nitrogens is 1. The van der Waals surface area contributed by atoms with E-state index in [1.807, 2.05) is 18.7 Å². The van der Waals surface area contributed by atoms with E-state index >= 15 is 0 Å². The Kier molecular flexibility index (Phi) is 4.63. The fourth-order valence-electron chi connectivity index (χ4n) is 2.09. The summed E-state index contributed by atoms with van der Waals surface area (Å²) in [5.41, 5.74) is 0.307. The maximum absolute atomic E-state index is 13.3. The van der Waals surface area contributed by atoms with Crippen LogP contribution in [0, 0.1) is 5.82 Å². The molecule has 19 heavy (non-hydrogen) atoms. The number of amides is 1. The zero-order valence-electron chi connectivity index (χ0n) is 11.1. The third kappa shape index (κ3) is 3.18. The van der Waals surface area contributed by atoms with Gasteiger partial charge in [-0.25, -0.2) is 9.37 Å². The van der Waals surface area contributed by atoms with Gasteiger partial charge >= 0.3 is 0 Å². The molecule has 0 aliphatic carbocycles. The molecule has 0 spiro atoms. The molecule has 2 rings (SSSR count). The maximum atomic E-state index is 13.3. The van der Waals surface area contributed by atoms with Gasteiger partial charge < -0.3 is 10.2 Å². The molecule has 1 aromatic rings. The van der Waals surface area contributed by atoms with Crippen LogP contribution in [-0.2, 0) is 0 Å². The van der Waals surface area contributed by atoms with Crippen LogP contribution in [0.1, 0.15) is 23.7 Å². The minimum absolute atomic E-state index is 0.171. The van der Waals surface area contributed by atoms with E-state index in [-0.39, 0.29) is 11.9 Å². The van der Waals surface area contributed by atoms with E-state index < -0.39 is 5.82 Å². The molecule has 1 aliphatic heterocycles. The van der Waals surface area contributed by atoms with Crippen molar-refractivity contribution in [2.75, 3.05) is 30.4 Å². The molecule has 1 unspecified atom stereocenters. The predicted molar refractivity (Wildman–Crippen MR) is 76.2 cm³/mol. The first kappa shape index (κ1) is 14.1. The van der Waals surface area contributed by atoms with Crippen LogP contribution in [0.4, 0.5) is 10.2 Å². The molecule has 1 N–H and O–H groups in total. The molecule has 0 aromatic carbocycles. The zero-order valence-corrected chi connectivity index (χ0v) is 12.0. The van der Waals surface area contributed by atoms with Gasteiger partial charge in [0.1, 0.15) is 11.6 Å². The molecule has 104 valence electrons. The highest BCUT2D eigenvalue weighted by atomic mass is 32.2. The Hall–Kier alpha value is -1.30. The smallest absolute Gasteiger partial charge is 0.257 e. The van der Waals surface area contributed by atoms with Gasteiger partial charge in [0.15, 0.2) is 0 Å². The van der Waals surface area contributed by atoms with Crippen molar-refractivity contribution in [2.45, 2.75) is 19.4 Å². The maximum Gasteiger partial charge on any atom is 0.257 e. The van der Waals surface area contributed by atoms with Crippen molar-refractivity contribution in [1.29, 1.82) is 0 Å². The van der Waals surface area contributed by atoms with Crippen LogP contribution in [0.3, 0.4) is 0 Å². The minimum Gasteiger partial charge on any atom is -0.370 e. The Morgan fingerprint density at radius 3 is 3.11 bits per heavy atom. The molecule has 1 amide bonds. The summed E-state index contributed by atoms with van der Waals surface area (Å²) in [6, 6.07) is 1.49. The van der Waals surface area contributed by atoms with Crippen LogP contribution in [0.2, 0.25) is 0 Å². The SMILES string of the molecule is CCNc1ncc(F)cc1C(=O)N(C)C1CCSC1. The second-order valence-electron chi connectivity index (χ2n) is 4.51. The molecule has 1 saturated heterocycles. The summed E-state index contributed by atoms with van der Waals surface area (Å²) in [6.45, 7) is 2.55.